The second kappa shape index (κ2) is 7.27. The molecular weight excluding hydrogens is 428 g/mol. The van der Waals surface area contributed by atoms with Gasteiger partial charge in [0.05, 0.1) is 12.7 Å². The number of anilines is 3. The molecule has 168 valence electrons. The Bertz CT molecular complexity index is 1570. The van der Waals surface area contributed by atoms with E-state index in [1.807, 2.05) is 30.3 Å². The lowest BCUT2D eigenvalue weighted by atomic mass is 10.2. The molecule has 1 fully saturated rings. The first-order chi connectivity index (χ1) is 16.0. The van der Waals surface area contributed by atoms with Crippen molar-refractivity contribution in [1.29, 1.82) is 0 Å². The largest absolute Gasteiger partial charge is 0.394 e. The summed E-state index contributed by atoms with van der Waals surface area (Å²) in [4.78, 5) is 31.5. The fourth-order valence-corrected chi connectivity index (χ4v) is 4.31. The van der Waals surface area contributed by atoms with Crippen LogP contribution < -0.4 is 16.6 Å². The molecule has 12 heteroatoms. The van der Waals surface area contributed by atoms with Gasteiger partial charge in [0.15, 0.2) is 11.2 Å². The fraction of sp³-hybridized carbons (Fsp3) is 0.238. The van der Waals surface area contributed by atoms with E-state index < -0.39 is 24.0 Å². The number of aromatic nitrogens is 6. The predicted molar refractivity (Wildman–Crippen MR) is 121 cm³/mol. The van der Waals surface area contributed by atoms with Crippen molar-refractivity contribution < 1.29 is 14.9 Å². The number of hydrogen-bond donors (Lipinski definition) is 6. The van der Waals surface area contributed by atoms with E-state index in [2.05, 4.69) is 30.2 Å². The number of aliphatic hydroxyl groups excluding tert-OH is 2. The highest BCUT2D eigenvalue weighted by molar-refractivity contribution is 6.06. The lowest BCUT2D eigenvalue weighted by Gasteiger charge is -2.17. The van der Waals surface area contributed by atoms with Crippen LogP contribution in [0.2, 0.25) is 0 Å². The second-order valence-corrected chi connectivity index (χ2v) is 7.93. The third kappa shape index (κ3) is 3.11. The summed E-state index contributed by atoms with van der Waals surface area (Å²) in [6, 6.07) is 11.7. The van der Waals surface area contributed by atoms with E-state index in [1.165, 1.54) is 0 Å². The number of benzene rings is 1. The highest BCUT2D eigenvalue weighted by atomic mass is 16.5. The summed E-state index contributed by atoms with van der Waals surface area (Å²) >= 11 is 0. The van der Waals surface area contributed by atoms with E-state index in [9.17, 15) is 15.0 Å². The van der Waals surface area contributed by atoms with Crippen LogP contribution in [0.15, 0.2) is 41.2 Å². The number of hydrogen-bond acceptors (Lipinski definition) is 9. The zero-order valence-electron chi connectivity index (χ0n) is 17.2. The van der Waals surface area contributed by atoms with Crippen LogP contribution in [0, 0.1) is 0 Å². The minimum atomic E-state index is -0.884. The number of rotatable bonds is 4. The number of pyridine rings is 1. The molecule has 4 aromatic heterocycles. The third-order valence-electron chi connectivity index (χ3n) is 5.85. The molecule has 0 bridgehead atoms. The molecule has 3 unspecified atom stereocenters. The molecule has 12 nitrogen and oxygen atoms in total. The number of aromatic amines is 2. The molecular formula is C21H20N8O4. The molecule has 3 atom stereocenters. The zero-order valence-corrected chi connectivity index (χ0v) is 17.2. The maximum absolute atomic E-state index is 12.5. The Kier molecular flexibility index (Phi) is 4.33. The summed E-state index contributed by atoms with van der Waals surface area (Å²) in [6.45, 7) is -0.345. The van der Waals surface area contributed by atoms with Crippen molar-refractivity contribution in [2.24, 2.45) is 0 Å². The van der Waals surface area contributed by atoms with Crippen molar-refractivity contribution in [1.82, 2.24) is 29.5 Å². The number of aliphatic hydroxyl groups is 2. The summed E-state index contributed by atoms with van der Waals surface area (Å²) in [7, 11) is 0. The van der Waals surface area contributed by atoms with Gasteiger partial charge in [-0.05, 0) is 18.2 Å². The van der Waals surface area contributed by atoms with Crippen LogP contribution in [-0.4, -0.2) is 58.5 Å². The number of nitrogens with zero attached hydrogens (tertiary/aromatic N) is 4. The smallest absolute Gasteiger partial charge is 0.280 e. The average Bonchev–Trinajstić information content (AvgIpc) is 3.46. The molecule has 1 aromatic carbocycles. The lowest BCUT2D eigenvalue weighted by molar-refractivity contribution is -0.0425. The van der Waals surface area contributed by atoms with Gasteiger partial charge in [-0.3, -0.25) is 14.3 Å². The highest BCUT2D eigenvalue weighted by Gasteiger charge is 2.37. The number of nitrogens with two attached hydrogens (primary N) is 1. The van der Waals surface area contributed by atoms with Crippen molar-refractivity contribution in [3.05, 3.63) is 46.8 Å². The monoisotopic (exact) mass is 448 g/mol. The van der Waals surface area contributed by atoms with Crippen LogP contribution in [-0.2, 0) is 4.74 Å². The molecule has 33 heavy (non-hydrogen) atoms. The van der Waals surface area contributed by atoms with Gasteiger partial charge < -0.3 is 31.0 Å². The predicted octanol–water partition coefficient (Wildman–Crippen LogP) is 1.12. The average molecular weight is 448 g/mol. The molecule has 1 aliphatic rings. The minimum absolute atomic E-state index is 0.0592. The number of nitrogens with one attached hydrogen (secondary N) is 3. The van der Waals surface area contributed by atoms with Gasteiger partial charge >= 0.3 is 0 Å². The molecule has 0 amide bonds. The molecule has 7 N–H and O–H groups in total. The topological polar surface area (TPSA) is 180 Å². The van der Waals surface area contributed by atoms with Gasteiger partial charge in [0.1, 0.15) is 23.8 Å². The van der Waals surface area contributed by atoms with Gasteiger partial charge in [-0.25, -0.2) is 9.97 Å². The van der Waals surface area contributed by atoms with Crippen molar-refractivity contribution in [3.63, 3.8) is 0 Å². The van der Waals surface area contributed by atoms with Gasteiger partial charge in [-0.2, -0.15) is 4.98 Å². The van der Waals surface area contributed by atoms with Gasteiger partial charge in [0, 0.05) is 22.7 Å². The van der Waals surface area contributed by atoms with Crippen molar-refractivity contribution >= 4 is 50.8 Å². The van der Waals surface area contributed by atoms with Gasteiger partial charge in [-0.1, -0.05) is 18.2 Å². The van der Waals surface area contributed by atoms with E-state index in [-0.39, 0.29) is 36.1 Å². The van der Waals surface area contributed by atoms with Crippen molar-refractivity contribution in [2.45, 2.75) is 24.9 Å². The number of H-pyrrole nitrogens is 2. The van der Waals surface area contributed by atoms with Crippen molar-refractivity contribution in [3.8, 4) is 0 Å². The molecule has 0 radical (unpaired) electrons. The van der Waals surface area contributed by atoms with Crippen LogP contribution in [0.3, 0.4) is 0 Å². The summed E-state index contributed by atoms with van der Waals surface area (Å²) in [5.41, 5.74) is 7.17. The number of para-hydroxylation sites is 1. The van der Waals surface area contributed by atoms with E-state index in [1.54, 1.807) is 10.6 Å². The van der Waals surface area contributed by atoms with Crippen LogP contribution in [0.5, 0.6) is 0 Å². The first-order valence-electron chi connectivity index (χ1n) is 10.4. The third-order valence-corrected chi connectivity index (χ3v) is 5.85. The quantitative estimate of drug-likeness (QED) is 0.235. The number of fused-ring (bicyclic) bond motifs is 4. The highest BCUT2D eigenvalue weighted by Crippen LogP contribution is 2.34. The van der Waals surface area contributed by atoms with E-state index in [4.69, 9.17) is 10.5 Å². The first kappa shape index (κ1) is 19.7. The maximum atomic E-state index is 12.5. The summed E-state index contributed by atoms with van der Waals surface area (Å²) in [5.74, 6) is 0.648. The SMILES string of the molecule is Nc1nc2c(nc(Nc3ccc4c(n3)[nH]c3ccccc34)n2C2CC(O)C(CO)O2)c(=O)[nH]1. The molecule has 0 spiro atoms. The van der Waals surface area contributed by atoms with Crippen LogP contribution in [0.1, 0.15) is 12.6 Å². The Hall–Kier alpha value is -4.00. The Morgan fingerprint density at radius 3 is 2.82 bits per heavy atom. The first-order valence-corrected chi connectivity index (χ1v) is 10.4. The maximum Gasteiger partial charge on any atom is 0.280 e. The number of nitrogen functional groups attached to an aromatic ring is 1. The molecule has 6 rings (SSSR count). The normalized spacial score (nSPS) is 20.8. The van der Waals surface area contributed by atoms with E-state index in [0.29, 0.717) is 11.5 Å². The Labute approximate surface area is 185 Å². The molecule has 1 aliphatic heterocycles. The molecule has 0 aliphatic carbocycles. The van der Waals surface area contributed by atoms with E-state index >= 15 is 0 Å². The van der Waals surface area contributed by atoms with Crippen LogP contribution in [0.4, 0.5) is 17.7 Å². The number of ether oxygens (including phenoxy) is 1. The summed E-state index contributed by atoms with van der Waals surface area (Å²) in [5, 5.41) is 24.9. The van der Waals surface area contributed by atoms with Gasteiger partial charge in [0.2, 0.25) is 11.9 Å². The van der Waals surface area contributed by atoms with Gasteiger partial charge in [0.25, 0.3) is 5.56 Å². The van der Waals surface area contributed by atoms with Gasteiger partial charge in [-0.15, -0.1) is 0 Å². The number of imidazole rings is 1. The minimum Gasteiger partial charge on any atom is -0.394 e. The second-order valence-electron chi connectivity index (χ2n) is 7.93. The molecule has 0 saturated carbocycles. The van der Waals surface area contributed by atoms with E-state index in [0.717, 1.165) is 16.3 Å². The summed E-state index contributed by atoms with van der Waals surface area (Å²) < 4.78 is 7.36. The fourth-order valence-electron chi connectivity index (χ4n) is 4.31. The zero-order chi connectivity index (χ0) is 22.7. The Morgan fingerprint density at radius 1 is 1.15 bits per heavy atom. The summed E-state index contributed by atoms with van der Waals surface area (Å²) in [6.07, 6.45) is -2.20. The molecule has 5 aromatic rings. The van der Waals surface area contributed by atoms with Crippen molar-refractivity contribution in [2.75, 3.05) is 17.7 Å². The Balaban J connectivity index is 1.47. The Morgan fingerprint density at radius 2 is 2.00 bits per heavy atom. The standard InChI is InChI=1S/C21H20N8O4/c22-20-27-18-16(19(32)28-20)26-21(29(18)15-7-12(31)13(8-30)33-15)25-14-6-5-10-9-3-1-2-4-11(9)23-17(10)24-14/h1-6,12-13,15,30-31H,7-8H2,(H3,22,27,28,32)(H2,23,24,25,26). The van der Waals surface area contributed by atoms with Crippen LogP contribution in [0.25, 0.3) is 33.1 Å². The molecule has 1 saturated heterocycles. The molecule has 5 heterocycles. The lowest BCUT2D eigenvalue weighted by Crippen LogP contribution is -2.24. The van der Waals surface area contributed by atoms with Crippen LogP contribution >= 0.6 is 0 Å².